The number of carbonyl (C=O) groups excluding carboxylic acids is 1. The van der Waals surface area contributed by atoms with Crippen LogP contribution >= 0.6 is 12.2 Å². The molecule has 0 N–H and O–H groups in total. The first-order valence-corrected chi connectivity index (χ1v) is 4.55. The Kier molecular flexibility index (Phi) is 6.57. The Balaban J connectivity index is 3.73. The third-order valence-electron chi connectivity index (χ3n) is 1.40. The normalized spacial score (nSPS) is 9.86. The lowest BCUT2D eigenvalue weighted by Crippen LogP contribution is -2.28. The van der Waals surface area contributed by atoms with E-state index in [0.717, 1.165) is 6.08 Å². The van der Waals surface area contributed by atoms with E-state index in [2.05, 4.69) is 11.6 Å². The van der Waals surface area contributed by atoms with Gasteiger partial charge in [0.05, 0.1) is 6.54 Å². The van der Waals surface area contributed by atoms with Crippen LogP contribution in [0.1, 0.15) is 6.92 Å². The van der Waals surface area contributed by atoms with Crippen LogP contribution in [0.2, 0.25) is 0 Å². The Morgan fingerprint density at radius 2 is 2.36 bits per heavy atom. The second-order valence-corrected chi connectivity index (χ2v) is 2.83. The zero-order valence-corrected chi connectivity index (χ0v) is 9.21. The van der Waals surface area contributed by atoms with Gasteiger partial charge in [0, 0.05) is 19.3 Å². The number of carbonyl (C=O) groups is 1. The summed E-state index contributed by atoms with van der Waals surface area (Å²) in [5, 5.41) is 0.474. The van der Waals surface area contributed by atoms with Crippen molar-refractivity contribution < 1.29 is 9.53 Å². The number of thiocarbonyl (C=S) groups is 1. The van der Waals surface area contributed by atoms with Gasteiger partial charge in [-0.25, -0.2) is 9.79 Å². The SMILES string of the molecule is C=CC(=O)OCCN(C)C(=S)N=CC. The van der Waals surface area contributed by atoms with Crippen molar-refractivity contribution in [1.29, 1.82) is 0 Å². The highest BCUT2D eigenvalue weighted by molar-refractivity contribution is 7.80. The largest absolute Gasteiger partial charge is 0.461 e. The van der Waals surface area contributed by atoms with Crippen LogP contribution in [0.25, 0.3) is 0 Å². The fourth-order valence-electron chi connectivity index (χ4n) is 0.647. The second-order valence-electron chi connectivity index (χ2n) is 2.46. The molecule has 5 heteroatoms. The first-order chi connectivity index (χ1) is 6.61. The maximum Gasteiger partial charge on any atom is 0.330 e. The number of hydrogen-bond donors (Lipinski definition) is 0. The number of ether oxygens (including phenoxy) is 1. The van der Waals surface area contributed by atoms with E-state index in [1.807, 2.05) is 0 Å². The minimum Gasteiger partial charge on any atom is -0.461 e. The molecule has 0 fully saturated rings. The molecule has 0 heterocycles. The van der Waals surface area contributed by atoms with Gasteiger partial charge in [0.1, 0.15) is 6.61 Å². The topological polar surface area (TPSA) is 41.9 Å². The molecular formula is C9H14N2O2S. The minimum atomic E-state index is -0.427. The van der Waals surface area contributed by atoms with Gasteiger partial charge >= 0.3 is 5.97 Å². The lowest BCUT2D eigenvalue weighted by atomic mass is 10.6. The molecule has 14 heavy (non-hydrogen) atoms. The van der Waals surface area contributed by atoms with Gasteiger partial charge in [0.15, 0.2) is 5.11 Å². The van der Waals surface area contributed by atoms with Crippen LogP contribution in [0.5, 0.6) is 0 Å². The molecule has 0 saturated carbocycles. The van der Waals surface area contributed by atoms with Crippen molar-refractivity contribution in [3.63, 3.8) is 0 Å². The standard InChI is InChI=1S/C9H14N2O2S/c1-4-8(12)13-7-6-11(3)9(14)10-5-2/h4-5H,1,6-7H2,2-3H3. The van der Waals surface area contributed by atoms with Crippen molar-refractivity contribution in [2.24, 2.45) is 4.99 Å². The molecule has 0 rings (SSSR count). The summed E-state index contributed by atoms with van der Waals surface area (Å²) in [4.78, 5) is 16.3. The Morgan fingerprint density at radius 1 is 1.71 bits per heavy atom. The average Bonchev–Trinajstić information content (AvgIpc) is 2.17. The maximum atomic E-state index is 10.7. The number of aliphatic imine (C=N–C) groups is 1. The molecule has 0 radical (unpaired) electrons. The van der Waals surface area contributed by atoms with Crippen LogP contribution in [-0.4, -0.2) is 42.4 Å². The fraction of sp³-hybridized carbons (Fsp3) is 0.444. The van der Waals surface area contributed by atoms with E-state index in [0.29, 0.717) is 11.7 Å². The lowest BCUT2D eigenvalue weighted by Gasteiger charge is -2.15. The summed E-state index contributed by atoms with van der Waals surface area (Å²) in [6.07, 6.45) is 2.75. The van der Waals surface area contributed by atoms with Gasteiger partial charge in [0.2, 0.25) is 0 Å². The molecule has 0 unspecified atom stereocenters. The van der Waals surface area contributed by atoms with Crippen LogP contribution in [0.3, 0.4) is 0 Å². The van der Waals surface area contributed by atoms with Crippen LogP contribution in [0.15, 0.2) is 17.6 Å². The van der Waals surface area contributed by atoms with Crippen molar-refractivity contribution >= 4 is 29.5 Å². The highest BCUT2D eigenvalue weighted by atomic mass is 32.1. The van der Waals surface area contributed by atoms with Crippen molar-refractivity contribution in [1.82, 2.24) is 4.90 Å². The number of likely N-dealkylation sites (N-methyl/N-ethyl adjacent to an activating group) is 1. The van der Waals surface area contributed by atoms with Crippen LogP contribution < -0.4 is 0 Å². The van der Waals surface area contributed by atoms with Crippen LogP contribution in [0.4, 0.5) is 0 Å². The summed E-state index contributed by atoms with van der Waals surface area (Å²) >= 11 is 4.95. The molecule has 0 spiro atoms. The Hall–Kier alpha value is -1.23. The molecule has 0 aliphatic heterocycles. The van der Waals surface area contributed by atoms with Gasteiger partial charge < -0.3 is 9.64 Å². The van der Waals surface area contributed by atoms with E-state index in [9.17, 15) is 4.79 Å². The molecule has 0 saturated heterocycles. The minimum absolute atomic E-state index is 0.278. The van der Waals surface area contributed by atoms with E-state index in [4.69, 9.17) is 17.0 Å². The van der Waals surface area contributed by atoms with Crippen molar-refractivity contribution in [2.75, 3.05) is 20.2 Å². The molecule has 0 aromatic carbocycles. The maximum absolute atomic E-state index is 10.7. The quantitative estimate of drug-likeness (QED) is 0.303. The summed E-state index contributed by atoms with van der Waals surface area (Å²) < 4.78 is 4.78. The predicted molar refractivity (Wildman–Crippen MR) is 60.6 cm³/mol. The lowest BCUT2D eigenvalue weighted by molar-refractivity contribution is -0.137. The number of rotatable bonds is 4. The van der Waals surface area contributed by atoms with Gasteiger partial charge in [-0.15, -0.1) is 0 Å². The van der Waals surface area contributed by atoms with Gasteiger partial charge in [-0.1, -0.05) is 6.58 Å². The molecule has 78 valence electrons. The fourth-order valence-corrected chi connectivity index (χ4v) is 0.843. The van der Waals surface area contributed by atoms with Crippen molar-refractivity contribution in [2.45, 2.75) is 6.92 Å². The van der Waals surface area contributed by atoms with E-state index in [1.165, 1.54) is 0 Å². The Bertz CT molecular complexity index is 251. The molecule has 4 nitrogen and oxygen atoms in total. The molecule has 0 aromatic heterocycles. The monoisotopic (exact) mass is 214 g/mol. The summed E-state index contributed by atoms with van der Waals surface area (Å²) in [6.45, 7) is 5.88. The smallest absolute Gasteiger partial charge is 0.330 e. The molecule has 0 bridgehead atoms. The highest BCUT2D eigenvalue weighted by Crippen LogP contribution is 1.90. The van der Waals surface area contributed by atoms with Gasteiger partial charge in [-0.3, -0.25) is 0 Å². The summed E-state index contributed by atoms with van der Waals surface area (Å²) in [7, 11) is 1.79. The number of nitrogens with zero attached hydrogens (tertiary/aromatic N) is 2. The second kappa shape index (κ2) is 7.20. The van der Waals surface area contributed by atoms with Crippen molar-refractivity contribution in [3.8, 4) is 0 Å². The van der Waals surface area contributed by atoms with Gasteiger partial charge in [0.25, 0.3) is 0 Å². The first kappa shape index (κ1) is 12.8. The van der Waals surface area contributed by atoms with E-state index in [-0.39, 0.29) is 6.61 Å². The summed E-state index contributed by atoms with van der Waals surface area (Å²) in [5.41, 5.74) is 0. The third kappa shape index (κ3) is 5.42. The van der Waals surface area contributed by atoms with E-state index >= 15 is 0 Å². The molecule has 0 amide bonds. The zero-order valence-electron chi connectivity index (χ0n) is 8.40. The van der Waals surface area contributed by atoms with E-state index in [1.54, 1.807) is 25.1 Å². The number of hydrogen-bond acceptors (Lipinski definition) is 3. The number of esters is 1. The highest BCUT2D eigenvalue weighted by Gasteiger charge is 2.02. The first-order valence-electron chi connectivity index (χ1n) is 4.14. The zero-order chi connectivity index (χ0) is 11.0. The molecular weight excluding hydrogens is 200 g/mol. The predicted octanol–water partition coefficient (Wildman–Crippen LogP) is 1.02. The molecule has 0 aliphatic rings. The van der Waals surface area contributed by atoms with Gasteiger partial charge in [-0.05, 0) is 19.1 Å². The Morgan fingerprint density at radius 3 is 2.86 bits per heavy atom. The molecule has 0 aromatic rings. The van der Waals surface area contributed by atoms with Gasteiger partial charge in [-0.2, -0.15) is 0 Å². The Labute approximate surface area is 89.3 Å². The summed E-state index contributed by atoms with van der Waals surface area (Å²) in [6, 6.07) is 0. The summed E-state index contributed by atoms with van der Waals surface area (Å²) in [5.74, 6) is -0.427. The van der Waals surface area contributed by atoms with E-state index < -0.39 is 5.97 Å². The van der Waals surface area contributed by atoms with Crippen LogP contribution in [-0.2, 0) is 9.53 Å². The van der Waals surface area contributed by atoms with Crippen molar-refractivity contribution in [3.05, 3.63) is 12.7 Å². The van der Waals surface area contributed by atoms with Crippen LogP contribution in [0, 0.1) is 0 Å². The molecule has 0 aliphatic carbocycles. The third-order valence-corrected chi connectivity index (χ3v) is 1.82. The average molecular weight is 214 g/mol. The molecule has 0 atom stereocenters.